The van der Waals surface area contributed by atoms with Crippen LogP contribution in [0.5, 0.6) is 0 Å². The van der Waals surface area contributed by atoms with E-state index >= 15 is 0 Å². The quantitative estimate of drug-likeness (QED) is 0.798. The van der Waals surface area contributed by atoms with Gasteiger partial charge in [0.25, 0.3) is 0 Å². The second-order valence-electron chi connectivity index (χ2n) is 4.02. The molecular weight excluding hydrogens is 390 g/mol. The molecule has 0 spiro atoms. The third kappa shape index (κ3) is 2.60. The summed E-state index contributed by atoms with van der Waals surface area (Å²) in [7, 11) is 0. The van der Waals surface area contributed by atoms with Gasteiger partial charge in [-0.15, -0.1) is 0 Å². The second-order valence-corrected chi connectivity index (χ2v) is 5.73. The topological polar surface area (TPSA) is 70.1 Å². The van der Waals surface area contributed by atoms with E-state index in [0.717, 1.165) is 14.6 Å². The lowest BCUT2D eigenvalue weighted by molar-refractivity contribution is 0.0521. The Labute approximate surface area is 133 Å². The molecule has 0 radical (unpaired) electrons. The first kappa shape index (κ1) is 15.1. The Morgan fingerprint density at radius 2 is 2.00 bits per heavy atom. The molecule has 0 aliphatic heterocycles. The normalized spacial score (nSPS) is 10.6. The van der Waals surface area contributed by atoms with E-state index in [2.05, 4.69) is 36.8 Å². The van der Waals surface area contributed by atoms with Crippen molar-refractivity contribution < 1.29 is 9.53 Å². The molecule has 0 saturated heterocycles. The minimum absolute atomic E-state index is 0.131. The van der Waals surface area contributed by atoms with E-state index in [1.54, 1.807) is 18.4 Å². The number of anilines is 1. The highest BCUT2D eigenvalue weighted by atomic mass is 79.9. The molecule has 1 aromatic carbocycles. The molecule has 0 atom stereocenters. The van der Waals surface area contributed by atoms with Gasteiger partial charge >= 0.3 is 5.97 Å². The van der Waals surface area contributed by atoms with Gasteiger partial charge in [-0.3, -0.25) is 4.57 Å². The Morgan fingerprint density at radius 3 is 2.55 bits per heavy atom. The number of carbonyl (C=O) groups is 1. The number of benzene rings is 1. The minimum Gasteiger partial charge on any atom is -0.461 e. The molecule has 0 saturated carbocycles. The number of para-hydroxylation sites is 1. The third-order valence-electron chi connectivity index (χ3n) is 2.71. The van der Waals surface area contributed by atoms with Crippen LogP contribution in [-0.4, -0.2) is 22.1 Å². The number of carbonyl (C=O) groups excluding carboxylic acids is 1. The molecular formula is C13H13Br2N3O2. The molecule has 2 aromatic rings. The molecule has 0 aliphatic carbocycles. The van der Waals surface area contributed by atoms with Gasteiger partial charge in [-0.1, -0.05) is 6.07 Å². The van der Waals surface area contributed by atoms with Gasteiger partial charge in [0.2, 0.25) is 0 Å². The summed E-state index contributed by atoms with van der Waals surface area (Å²) in [5, 5.41) is 0. The smallest absolute Gasteiger partial charge is 0.360 e. The van der Waals surface area contributed by atoms with Gasteiger partial charge in [-0.25, -0.2) is 9.78 Å². The van der Waals surface area contributed by atoms with Crippen molar-refractivity contribution in [2.24, 2.45) is 0 Å². The highest BCUT2D eigenvalue weighted by Gasteiger charge is 2.22. The number of esters is 1. The standard InChI is InChI=1S/C13H13Br2N3O2/c1-3-20-13(19)10-12(16)18(7(2)17-10)11-8(14)5-4-6-9(11)15/h4-6H,3,16H2,1-2H3. The Morgan fingerprint density at radius 1 is 1.40 bits per heavy atom. The number of hydrogen-bond acceptors (Lipinski definition) is 4. The van der Waals surface area contributed by atoms with Crippen LogP contribution in [-0.2, 0) is 4.74 Å². The fourth-order valence-corrected chi connectivity index (χ4v) is 3.24. The minimum atomic E-state index is -0.518. The van der Waals surface area contributed by atoms with Crippen LogP contribution in [0.1, 0.15) is 23.2 Å². The molecule has 0 bridgehead atoms. The van der Waals surface area contributed by atoms with E-state index in [1.807, 2.05) is 18.2 Å². The summed E-state index contributed by atoms with van der Waals surface area (Å²) in [5.74, 6) is 0.349. The monoisotopic (exact) mass is 401 g/mol. The van der Waals surface area contributed by atoms with Crippen molar-refractivity contribution in [2.75, 3.05) is 12.3 Å². The van der Waals surface area contributed by atoms with E-state index < -0.39 is 5.97 Å². The molecule has 106 valence electrons. The van der Waals surface area contributed by atoms with Crippen LogP contribution in [0.15, 0.2) is 27.1 Å². The van der Waals surface area contributed by atoms with Gasteiger partial charge in [0.1, 0.15) is 11.6 Å². The average Bonchev–Trinajstić information content (AvgIpc) is 2.67. The molecule has 1 aromatic heterocycles. The number of imidazole rings is 1. The van der Waals surface area contributed by atoms with Crippen molar-refractivity contribution >= 4 is 43.6 Å². The lowest BCUT2D eigenvalue weighted by Gasteiger charge is -2.12. The van der Waals surface area contributed by atoms with Crippen LogP contribution in [0.2, 0.25) is 0 Å². The lowest BCUT2D eigenvalue weighted by atomic mass is 10.3. The molecule has 0 aliphatic rings. The summed E-state index contributed by atoms with van der Waals surface area (Å²) in [6.07, 6.45) is 0. The Bertz CT molecular complexity index is 648. The maximum absolute atomic E-state index is 11.8. The summed E-state index contributed by atoms with van der Waals surface area (Å²) >= 11 is 6.96. The zero-order chi connectivity index (χ0) is 14.9. The summed E-state index contributed by atoms with van der Waals surface area (Å²) in [6.45, 7) is 3.80. The zero-order valence-electron chi connectivity index (χ0n) is 11.0. The lowest BCUT2D eigenvalue weighted by Crippen LogP contribution is -2.10. The number of nitrogens with zero attached hydrogens (tertiary/aromatic N) is 2. The molecule has 0 unspecified atom stereocenters. The maximum Gasteiger partial charge on any atom is 0.360 e. The van der Waals surface area contributed by atoms with E-state index in [1.165, 1.54) is 0 Å². The molecule has 0 amide bonds. The van der Waals surface area contributed by atoms with E-state index in [9.17, 15) is 4.79 Å². The maximum atomic E-state index is 11.8. The Kier molecular flexibility index (Phi) is 4.49. The summed E-state index contributed by atoms with van der Waals surface area (Å²) in [6, 6.07) is 5.68. The SMILES string of the molecule is CCOC(=O)c1nc(C)n(-c2c(Br)cccc2Br)c1N. The Balaban J connectivity index is 2.62. The second kappa shape index (κ2) is 5.97. The summed E-state index contributed by atoms with van der Waals surface area (Å²) < 4.78 is 8.35. The number of rotatable bonds is 3. The third-order valence-corrected chi connectivity index (χ3v) is 3.99. The van der Waals surface area contributed by atoms with Gasteiger partial charge < -0.3 is 10.5 Å². The van der Waals surface area contributed by atoms with E-state index in [-0.39, 0.29) is 18.1 Å². The first-order valence-electron chi connectivity index (χ1n) is 5.93. The van der Waals surface area contributed by atoms with Crippen LogP contribution in [0.4, 0.5) is 5.82 Å². The van der Waals surface area contributed by atoms with Crippen LogP contribution in [0.25, 0.3) is 5.69 Å². The van der Waals surface area contributed by atoms with Gasteiger partial charge in [-0.05, 0) is 57.8 Å². The van der Waals surface area contributed by atoms with Crippen molar-refractivity contribution in [1.82, 2.24) is 9.55 Å². The largest absolute Gasteiger partial charge is 0.461 e. The molecule has 5 nitrogen and oxygen atoms in total. The van der Waals surface area contributed by atoms with Crippen molar-refractivity contribution in [2.45, 2.75) is 13.8 Å². The average molecular weight is 403 g/mol. The Hall–Kier alpha value is -1.34. The highest BCUT2D eigenvalue weighted by molar-refractivity contribution is 9.11. The van der Waals surface area contributed by atoms with Crippen LogP contribution < -0.4 is 5.73 Å². The molecule has 1 heterocycles. The van der Waals surface area contributed by atoms with Crippen LogP contribution in [0.3, 0.4) is 0 Å². The summed E-state index contributed by atoms with van der Waals surface area (Å²) in [5.41, 5.74) is 6.99. The van der Waals surface area contributed by atoms with Gasteiger partial charge in [-0.2, -0.15) is 0 Å². The predicted molar refractivity (Wildman–Crippen MR) is 84.1 cm³/mol. The number of aryl methyl sites for hydroxylation is 1. The molecule has 2 rings (SSSR count). The highest BCUT2D eigenvalue weighted by Crippen LogP contribution is 2.33. The number of nitrogen functional groups attached to an aromatic ring is 1. The van der Waals surface area contributed by atoms with Gasteiger partial charge in [0.05, 0.1) is 12.3 Å². The van der Waals surface area contributed by atoms with Crippen molar-refractivity contribution in [3.63, 3.8) is 0 Å². The van der Waals surface area contributed by atoms with Crippen LogP contribution in [0, 0.1) is 6.92 Å². The van der Waals surface area contributed by atoms with Crippen molar-refractivity contribution in [1.29, 1.82) is 0 Å². The fraction of sp³-hybridized carbons (Fsp3) is 0.231. The predicted octanol–water partition coefficient (Wildman–Crippen LogP) is 3.46. The van der Waals surface area contributed by atoms with Crippen molar-refractivity contribution in [3.05, 3.63) is 38.7 Å². The molecule has 0 fully saturated rings. The van der Waals surface area contributed by atoms with Crippen LogP contribution >= 0.6 is 31.9 Å². The molecule has 20 heavy (non-hydrogen) atoms. The first-order valence-corrected chi connectivity index (χ1v) is 7.52. The number of aromatic nitrogens is 2. The van der Waals surface area contributed by atoms with Gasteiger partial charge in [0.15, 0.2) is 5.69 Å². The summed E-state index contributed by atoms with van der Waals surface area (Å²) in [4.78, 5) is 16.0. The number of halogens is 2. The fourth-order valence-electron chi connectivity index (χ4n) is 1.88. The number of nitrogens with two attached hydrogens (primary N) is 1. The molecule has 2 N–H and O–H groups in total. The first-order chi connectivity index (χ1) is 9.47. The van der Waals surface area contributed by atoms with E-state index in [0.29, 0.717) is 5.82 Å². The number of hydrogen-bond donors (Lipinski definition) is 1. The number of ether oxygens (including phenoxy) is 1. The molecule has 7 heteroatoms. The van der Waals surface area contributed by atoms with Crippen molar-refractivity contribution in [3.8, 4) is 5.69 Å². The van der Waals surface area contributed by atoms with E-state index in [4.69, 9.17) is 10.5 Å². The zero-order valence-corrected chi connectivity index (χ0v) is 14.2. The van der Waals surface area contributed by atoms with Gasteiger partial charge in [0, 0.05) is 8.95 Å².